The highest BCUT2D eigenvalue weighted by molar-refractivity contribution is 6.99. The maximum Gasteiger partial charge on any atom is 0.256 e. The Labute approximate surface area is 310 Å². The molecule has 0 aliphatic carbocycles. The average molecular weight is 680 g/mol. The predicted octanol–water partition coefficient (Wildman–Crippen LogP) is 11.0. The topological polar surface area (TPSA) is 19.0 Å². The first-order valence-electron chi connectivity index (χ1n) is 18.1. The molecule has 10 rings (SSSR count). The molecule has 0 bridgehead atoms. The van der Waals surface area contributed by atoms with Gasteiger partial charge in [-0.2, -0.15) is 0 Å². The second-order valence-corrected chi connectivity index (χ2v) is 13.4. The summed E-state index contributed by atoms with van der Waals surface area (Å²) in [5.41, 5.74) is 13.5. The van der Waals surface area contributed by atoms with E-state index in [9.17, 15) is 0 Å². The summed E-state index contributed by atoms with van der Waals surface area (Å²) in [7, 11) is 0. The Morgan fingerprint density at radius 3 is 1.42 bits per heavy atom. The molecule has 0 amide bonds. The van der Waals surface area contributed by atoms with Crippen LogP contribution in [-0.2, 0) is 0 Å². The summed E-state index contributed by atoms with van der Waals surface area (Å²) in [6.45, 7) is 0.0271. The fourth-order valence-electron chi connectivity index (χ4n) is 7.99. The Hall–Kier alpha value is -6.98. The second-order valence-electron chi connectivity index (χ2n) is 13.4. The van der Waals surface area contributed by atoms with Crippen LogP contribution in [0.5, 0.6) is 11.5 Å². The summed E-state index contributed by atoms with van der Waals surface area (Å²) in [4.78, 5) is 7.05. The molecule has 8 aromatic carbocycles. The third-order valence-electron chi connectivity index (χ3n) is 10.3. The molecule has 0 spiro atoms. The van der Waals surface area contributed by atoms with Crippen molar-refractivity contribution in [2.45, 2.75) is 0 Å². The van der Waals surface area contributed by atoms with E-state index in [1.54, 1.807) is 0 Å². The molecule has 2 aliphatic heterocycles. The lowest BCUT2D eigenvalue weighted by atomic mass is 9.34. The van der Waals surface area contributed by atoms with Crippen molar-refractivity contribution in [2.75, 3.05) is 14.7 Å². The molecular weight excluding hydrogens is 645 g/mol. The monoisotopic (exact) mass is 679 g/mol. The van der Waals surface area contributed by atoms with Gasteiger partial charge in [0.1, 0.15) is 11.5 Å². The molecule has 0 radical (unpaired) electrons. The van der Waals surface area contributed by atoms with Crippen LogP contribution in [0.25, 0.3) is 0 Å². The van der Waals surface area contributed by atoms with E-state index in [2.05, 4.69) is 221 Å². The van der Waals surface area contributed by atoms with Crippen molar-refractivity contribution in [1.82, 2.24) is 0 Å². The number of anilines is 9. The molecule has 2 aliphatic rings. The van der Waals surface area contributed by atoms with Crippen molar-refractivity contribution < 1.29 is 4.74 Å². The Balaban J connectivity index is 1.17. The van der Waals surface area contributed by atoms with Crippen LogP contribution < -0.4 is 35.8 Å². The Morgan fingerprint density at radius 2 is 0.830 bits per heavy atom. The van der Waals surface area contributed by atoms with Crippen molar-refractivity contribution >= 4 is 74.3 Å². The normalized spacial score (nSPS) is 12.2. The molecule has 2 heterocycles. The Kier molecular flexibility index (Phi) is 7.54. The second kappa shape index (κ2) is 13.0. The molecule has 0 N–H and O–H groups in total. The van der Waals surface area contributed by atoms with Crippen LogP contribution in [0.3, 0.4) is 0 Å². The lowest BCUT2D eigenvalue weighted by Crippen LogP contribution is -2.59. The summed E-state index contributed by atoms with van der Waals surface area (Å²) >= 11 is 0. The third kappa shape index (κ3) is 5.33. The van der Waals surface area contributed by atoms with E-state index in [1.165, 1.54) is 16.4 Å². The van der Waals surface area contributed by atoms with Gasteiger partial charge in [-0.25, -0.2) is 0 Å². The van der Waals surface area contributed by atoms with Crippen LogP contribution in [0, 0.1) is 0 Å². The van der Waals surface area contributed by atoms with Gasteiger partial charge in [-0.1, -0.05) is 103 Å². The summed E-state index contributed by atoms with van der Waals surface area (Å²) in [6, 6.07) is 73.1. The van der Waals surface area contributed by atoms with Gasteiger partial charge in [0.25, 0.3) is 6.71 Å². The zero-order valence-electron chi connectivity index (χ0n) is 29.0. The van der Waals surface area contributed by atoms with Crippen LogP contribution in [-0.4, -0.2) is 6.71 Å². The Bertz CT molecular complexity index is 2470. The maximum absolute atomic E-state index is 6.61. The minimum absolute atomic E-state index is 0.0271. The maximum atomic E-state index is 6.61. The minimum Gasteiger partial charge on any atom is -0.458 e. The van der Waals surface area contributed by atoms with E-state index in [0.717, 1.165) is 62.7 Å². The number of benzene rings is 8. The first-order chi connectivity index (χ1) is 26.3. The van der Waals surface area contributed by atoms with Gasteiger partial charge in [-0.3, -0.25) is 0 Å². The summed E-state index contributed by atoms with van der Waals surface area (Å²) in [5, 5.41) is 0. The van der Waals surface area contributed by atoms with Crippen molar-refractivity contribution in [3.63, 3.8) is 0 Å². The molecule has 0 fully saturated rings. The highest BCUT2D eigenvalue weighted by Crippen LogP contribution is 2.44. The van der Waals surface area contributed by atoms with Gasteiger partial charge in [0.2, 0.25) is 0 Å². The summed E-state index contributed by atoms with van der Waals surface area (Å²) < 4.78 is 6.61. The van der Waals surface area contributed by atoms with E-state index in [1.807, 2.05) is 0 Å². The largest absolute Gasteiger partial charge is 0.458 e. The quantitative estimate of drug-likeness (QED) is 0.156. The number of hydrogen-bond acceptors (Lipinski definition) is 4. The van der Waals surface area contributed by atoms with Gasteiger partial charge >= 0.3 is 0 Å². The van der Waals surface area contributed by atoms with Gasteiger partial charge < -0.3 is 19.4 Å². The van der Waals surface area contributed by atoms with Gasteiger partial charge in [-0.15, -0.1) is 0 Å². The molecular formula is C48H34BN3O. The van der Waals surface area contributed by atoms with Gasteiger partial charge in [0.05, 0.1) is 0 Å². The number of rotatable bonds is 7. The van der Waals surface area contributed by atoms with Crippen molar-refractivity contribution in [1.29, 1.82) is 0 Å². The van der Waals surface area contributed by atoms with E-state index >= 15 is 0 Å². The van der Waals surface area contributed by atoms with Crippen LogP contribution in [0.15, 0.2) is 206 Å². The van der Waals surface area contributed by atoms with Gasteiger partial charge in [0, 0.05) is 51.2 Å². The average Bonchev–Trinajstić information content (AvgIpc) is 3.23. The number of para-hydroxylation sites is 5. The molecule has 0 saturated carbocycles. The molecule has 0 aromatic heterocycles. The molecule has 5 heteroatoms. The summed E-state index contributed by atoms with van der Waals surface area (Å²) in [6.07, 6.45) is 0. The highest BCUT2D eigenvalue weighted by atomic mass is 16.5. The first-order valence-corrected chi connectivity index (χ1v) is 18.1. The molecule has 53 heavy (non-hydrogen) atoms. The molecule has 0 saturated heterocycles. The highest BCUT2D eigenvalue weighted by Gasteiger charge is 2.41. The number of fused-ring (bicyclic) bond motifs is 4. The predicted molar refractivity (Wildman–Crippen MR) is 222 cm³/mol. The molecule has 250 valence electrons. The lowest BCUT2D eigenvalue weighted by Gasteiger charge is -2.40. The summed E-state index contributed by atoms with van der Waals surface area (Å²) in [5.74, 6) is 1.81. The lowest BCUT2D eigenvalue weighted by molar-refractivity contribution is 0.487. The number of hydrogen-bond donors (Lipinski definition) is 0. The smallest absolute Gasteiger partial charge is 0.256 e. The molecule has 0 unspecified atom stereocenters. The number of ether oxygens (including phenoxy) is 1. The fraction of sp³-hybridized carbons (Fsp3) is 0. The van der Waals surface area contributed by atoms with E-state index < -0.39 is 0 Å². The van der Waals surface area contributed by atoms with Crippen molar-refractivity contribution in [3.8, 4) is 11.5 Å². The van der Waals surface area contributed by atoms with Gasteiger partial charge in [-0.05, 0) is 120 Å². The zero-order valence-corrected chi connectivity index (χ0v) is 29.0. The SMILES string of the molecule is c1ccc(N(c2ccccc2)c2ccc(N3c4cc(N(c5ccccc5)c5ccccc5)ccc4B4c5ccccc5Oc5cccc3c54)cc2)cc1. The van der Waals surface area contributed by atoms with Crippen LogP contribution in [0.1, 0.15) is 0 Å². The van der Waals surface area contributed by atoms with Gasteiger partial charge in [0.15, 0.2) is 0 Å². The van der Waals surface area contributed by atoms with Crippen molar-refractivity contribution in [2.24, 2.45) is 0 Å². The first kappa shape index (κ1) is 30.8. The van der Waals surface area contributed by atoms with Crippen LogP contribution in [0.4, 0.5) is 51.2 Å². The van der Waals surface area contributed by atoms with E-state index in [-0.39, 0.29) is 6.71 Å². The standard InChI is InChI=1S/C48H34BN3O/c1-5-16-35(17-6-1)50(36-18-7-2-8-19-36)39-28-30-40(31-29-39)52-44-25-15-27-47-48(44)49(43-24-13-14-26-46(43)53-47)42-33-32-41(34-45(42)52)51(37-20-9-3-10-21-37)38-22-11-4-12-23-38/h1-34H. The van der Waals surface area contributed by atoms with Crippen LogP contribution >= 0.6 is 0 Å². The molecule has 0 atom stereocenters. The molecule has 8 aromatic rings. The Morgan fingerprint density at radius 1 is 0.358 bits per heavy atom. The van der Waals surface area contributed by atoms with Crippen LogP contribution in [0.2, 0.25) is 0 Å². The third-order valence-corrected chi connectivity index (χ3v) is 10.3. The zero-order chi connectivity index (χ0) is 35.1. The van der Waals surface area contributed by atoms with E-state index in [0.29, 0.717) is 0 Å². The van der Waals surface area contributed by atoms with Crippen molar-refractivity contribution in [3.05, 3.63) is 206 Å². The van der Waals surface area contributed by atoms with E-state index in [4.69, 9.17) is 4.74 Å². The number of nitrogens with zero attached hydrogens (tertiary/aromatic N) is 3. The molecule has 4 nitrogen and oxygen atoms in total. The minimum atomic E-state index is 0.0271. The fourth-order valence-corrected chi connectivity index (χ4v) is 7.99.